The number of hydrogen-bond donors (Lipinski definition) is 1. The maximum absolute atomic E-state index is 12.9. The summed E-state index contributed by atoms with van der Waals surface area (Å²) in [5.74, 6) is 1.28. The van der Waals surface area contributed by atoms with Crippen molar-refractivity contribution in [1.82, 2.24) is 5.32 Å². The molecule has 5 nitrogen and oxygen atoms in total. The molecule has 0 saturated carbocycles. The zero-order valence-corrected chi connectivity index (χ0v) is 16.9. The fraction of sp³-hybridized carbons (Fsp3) is 0.316. The summed E-state index contributed by atoms with van der Waals surface area (Å²) in [4.78, 5) is 14.5. The van der Waals surface area contributed by atoms with Crippen LogP contribution in [0.25, 0.3) is 0 Å². The molecule has 2 aromatic rings. The zero-order valence-electron chi connectivity index (χ0n) is 14.6. The van der Waals surface area contributed by atoms with Crippen LogP contribution in [0.5, 0.6) is 11.5 Å². The van der Waals surface area contributed by atoms with Crippen LogP contribution in [0.3, 0.4) is 0 Å². The van der Waals surface area contributed by atoms with Crippen LogP contribution in [0.15, 0.2) is 34.8 Å². The summed E-state index contributed by atoms with van der Waals surface area (Å²) in [7, 11) is 1.61. The summed E-state index contributed by atoms with van der Waals surface area (Å²) < 4.78 is 12.7. The van der Waals surface area contributed by atoms with E-state index in [0.29, 0.717) is 28.6 Å². The number of methoxy groups -OCH3 is 1. The molecule has 2 heterocycles. The van der Waals surface area contributed by atoms with E-state index in [9.17, 15) is 4.79 Å². The molecule has 2 aromatic carbocycles. The van der Waals surface area contributed by atoms with Crippen LogP contribution in [0.2, 0.25) is 5.02 Å². The van der Waals surface area contributed by atoms with Crippen molar-refractivity contribution >= 4 is 39.2 Å². The first-order valence-corrected chi connectivity index (χ1v) is 9.43. The van der Waals surface area contributed by atoms with Gasteiger partial charge in [0.15, 0.2) is 17.2 Å². The van der Waals surface area contributed by atoms with Crippen molar-refractivity contribution < 1.29 is 14.3 Å². The monoisotopic (exact) mass is 436 g/mol. The number of carbonyl (C=O) groups is 1. The van der Waals surface area contributed by atoms with Crippen molar-refractivity contribution in [2.45, 2.75) is 32.0 Å². The molecule has 2 bridgehead atoms. The minimum absolute atomic E-state index is 0.153. The molecule has 2 amide bonds. The largest absolute Gasteiger partial charge is 0.493 e. The molecule has 0 spiro atoms. The second-order valence-corrected chi connectivity index (χ2v) is 8.10. The van der Waals surface area contributed by atoms with Gasteiger partial charge in [0.25, 0.3) is 0 Å². The molecule has 1 N–H and O–H groups in total. The number of urea groups is 1. The first-order chi connectivity index (χ1) is 12.3. The number of hydrogen-bond acceptors (Lipinski definition) is 3. The van der Waals surface area contributed by atoms with E-state index < -0.39 is 5.72 Å². The predicted octanol–water partition coefficient (Wildman–Crippen LogP) is 5.19. The van der Waals surface area contributed by atoms with Crippen LogP contribution in [0.4, 0.5) is 10.5 Å². The van der Waals surface area contributed by atoms with Gasteiger partial charge < -0.3 is 14.8 Å². The highest BCUT2D eigenvalue weighted by Gasteiger charge is 2.50. The van der Waals surface area contributed by atoms with Gasteiger partial charge in [0.1, 0.15) is 0 Å². The quantitative estimate of drug-likeness (QED) is 0.703. The van der Waals surface area contributed by atoms with Gasteiger partial charge in [-0.05, 0) is 43.7 Å². The van der Waals surface area contributed by atoms with E-state index in [-0.39, 0.29) is 12.1 Å². The molecule has 0 radical (unpaired) electrons. The number of ether oxygens (including phenoxy) is 2. The standard InChI is InChI=1S/C19H18BrClN2O3/c1-10-4-5-12(8-14(10)21)23-18(24)22-15-9-19(23,2)26-17-13(15)6-11(20)7-16(17)25-3/h4-8,15H,9H2,1-3H3,(H,22,24)/t15?,19-/m1/s1. The van der Waals surface area contributed by atoms with Crippen LogP contribution < -0.4 is 19.7 Å². The number of halogens is 2. The van der Waals surface area contributed by atoms with E-state index in [0.717, 1.165) is 15.6 Å². The Morgan fingerprint density at radius 2 is 2.15 bits per heavy atom. The fourth-order valence-corrected chi connectivity index (χ4v) is 4.29. The third kappa shape index (κ3) is 2.63. The fourth-order valence-electron chi connectivity index (χ4n) is 3.66. The Kier molecular flexibility index (Phi) is 4.08. The van der Waals surface area contributed by atoms with Crippen LogP contribution in [0, 0.1) is 6.92 Å². The number of amides is 2. The number of anilines is 1. The molecule has 1 fully saturated rings. The lowest BCUT2D eigenvalue weighted by molar-refractivity contribution is 0.0349. The first-order valence-electron chi connectivity index (χ1n) is 8.26. The summed E-state index contributed by atoms with van der Waals surface area (Å²) in [6.45, 7) is 3.84. The first kappa shape index (κ1) is 17.5. The van der Waals surface area contributed by atoms with E-state index in [1.165, 1.54) is 0 Å². The molecule has 2 aliphatic heterocycles. The van der Waals surface area contributed by atoms with Crippen molar-refractivity contribution in [3.63, 3.8) is 0 Å². The molecular formula is C19H18BrClN2O3. The maximum atomic E-state index is 12.9. The normalized spacial score (nSPS) is 23.8. The highest BCUT2D eigenvalue weighted by Crippen LogP contribution is 2.50. The molecule has 0 aliphatic carbocycles. The van der Waals surface area contributed by atoms with Crippen molar-refractivity contribution in [3.05, 3.63) is 51.0 Å². The van der Waals surface area contributed by atoms with E-state index in [2.05, 4.69) is 21.2 Å². The molecule has 26 heavy (non-hydrogen) atoms. The van der Waals surface area contributed by atoms with Crippen molar-refractivity contribution in [2.75, 3.05) is 12.0 Å². The van der Waals surface area contributed by atoms with Gasteiger partial charge in [0.05, 0.1) is 18.8 Å². The van der Waals surface area contributed by atoms with Crippen molar-refractivity contribution in [3.8, 4) is 11.5 Å². The van der Waals surface area contributed by atoms with Gasteiger partial charge in [0, 0.05) is 21.5 Å². The molecule has 1 unspecified atom stereocenters. The zero-order chi connectivity index (χ0) is 18.6. The Balaban J connectivity index is 1.83. The summed E-state index contributed by atoms with van der Waals surface area (Å²) in [5, 5.41) is 3.69. The van der Waals surface area contributed by atoms with Gasteiger partial charge in [-0.3, -0.25) is 4.90 Å². The molecule has 2 atom stereocenters. The van der Waals surface area contributed by atoms with Gasteiger partial charge in [-0.15, -0.1) is 0 Å². The molecule has 0 aromatic heterocycles. The highest BCUT2D eigenvalue weighted by atomic mass is 79.9. The molecule has 1 saturated heterocycles. The Hall–Kier alpha value is -1.92. The third-order valence-corrected chi connectivity index (χ3v) is 5.80. The van der Waals surface area contributed by atoms with Crippen LogP contribution >= 0.6 is 27.5 Å². The van der Waals surface area contributed by atoms with Gasteiger partial charge in [-0.25, -0.2) is 4.79 Å². The van der Waals surface area contributed by atoms with E-state index in [4.69, 9.17) is 21.1 Å². The van der Waals surface area contributed by atoms with Crippen molar-refractivity contribution in [1.29, 1.82) is 0 Å². The average molecular weight is 438 g/mol. The second kappa shape index (κ2) is 6.06. The summed E-state index contributed by atoms with van der Waals surface area (Å²) >= 11 is 9.77. The van der Waals surface area contributed by atoms with Crippen LogP contribution in [-0.4, -0.2) is 18.9 Å². The topological polar surface area (TPSA) is 50.8 Å². The highest BCUT2D eigenvalue weighted by molar-refractivity contribution is 9.10. The lowest BCUT2D eigenvalue weighted by atomic mass is 9.90. The number of nitrogens with one attached hydrogen (secondary N) is 1. The average Bonchev–Trinajstić information content (AvgIpc) is 2.57. The smallest absolute Gasteiger partial charge is 0.325 e. The number of nitrogens with zero attached hydrogens (tertiary/aromatic N) is 1. The second-order valence-electron chi connectivity index (χ2n) is 6.78. The number of rotatable bonds is 2. The molecular weight excluding hydrogens is 420 g/mol. The molecule has 2 aliphatic rings. The number of carbonyl (C=O) groups excluding carboxylic acids is 1. The Labute approximate surface area is 165 Å². The van der Waals surface area contributed by atoms with E-state index in [1.54, 1.807) is 18.1 Å². The van der Waals surface area contributed by atoms with E-state index >= 15 is 0 Å². The van der Waals surface area contributed by atoms with Gasteiger partial charge >= 0.3 is 6.03 Å². The summed E-state index contributed by atoms with van der Waals surface area (Å²) in [6, 6.07) is 9.02. The minimum atomic E-state index is -0.848. The lowest BCUT2D eigenvalue weighted by Gasteiger charge is -2.50. The number of aryl methyl sites for hydroxylation is 1. The Morgan fingerprint density at radius 3 is 2.85 bits per heavy atom. The predicted molar refractivity (Wildman–Crippen MR) is 104 cm³/mol. The third-order valence-electron chi connectivity index (χ3n) is 4.94. The van der Waals surface area contributed by atoms with Crippen LogP contribution in [-0.2, 0) is 0 Å². The minimum Gasteiger partial charge on any atom is -0.493 e. The van der Waals surface area contributed by atoms with E-state index in [1.807, 2.05) is 38.1 Å². The van der Waals surface area contributed by atoms with Gasteiger partial charge in [-0.2, -0.15) is 0 Å². The summed E-state index contributed by atoms with van der Waals surface area (Å²) in [6.07, 6.45) is 0.608. The van der Waals surface area contributed by atoms with Crippen LogP contribution in [0.1, 0.15) is 30.5 Å². The number of fused-ring (bicyclic) bond motifs is 4. The summed E-state index contributed by atoms with van der Waals surface area (Å²) in [5.41, 5.74) is 1.71. The van der Waals surface area contributed by atoms with Gasteiger partial charge in [-0.1, -0.05) is 33.6 Å². The number of benzene rings is 2. The maximum Gasteiger partial charge on any atom is 0.325 e. The molecule has 7 heteroatoms. The van der Waals surface area contributed by atoms with Crippen molar-refractivity contribution in [2.24, 2.45) is 0 Å². The van der Waals surface area contributed by atoms with Gasteiger partial charge in [0.2, 0.25) is 0 Å². The molecule has 136 valence electrons. The Bertz CT molecular complexity index is 920. The molecule has 4 rings (SSSR count). The lowest BCUT2D eigenvalue weighted by Crippen LogP contribution is -2.65. The SMILES string of the molecule is COc1cc(Br)cc2c1O[C@]1(C)CC2NC(=O)N1c1ccc(C)c(Cl)c1. The Morgan fingerprint density at radius 1 is 1.38 bits per heavy atom.